The topological polar surface area (TPSA) is 51.9 Å². The van der Waals surface area contributed by atoms with Gasteiger partial charge in [0.2, 0.25) is 5.91 Å². The first-order valence-corrected chi connectivity index (χ1v) is 7.93. The lowest BCUT2D eigenvalue weighted by atomic mass is 10.1. The van der Waals surface area contributed by atoms with Crippen molar-refractivity contribution in [2.45, 2.75) is 11.9 Å². The highest BCUT2D eigenvalue weighted by Gasteiger charge is 2.35. The van der Waals surface area contributed by atoms with Crippen molar-refractivity contribution in [1.82, 2.24) is 4.90 Å². The van der Waals surface area contributed by atoms with Gasteiger partial charge in [0.1, 0.15) is 22.6 Å². The maximum absolute atomic E-state index is 12.2. The van der Waals surface area contributed by atoms with Crippen LogP contribution in [-0.2, 0) is 11.3 Å². The SMILES string of the molecule is COc1ccc([C@H]2SCC(=O)N2Cc2ccco2)c(OC)c1. The standard InChI is InChI=1S/C16H17NO4S/c1-19-11-5-6-13(14(8-11)20-2)16-17(15(18)10-22-16)9-12-4-3-7-21-12/h3-8,16H,9-10H2,1-2H3/t16-/m1/s1. The molecular formula is C16H17NO4S. The highest BCUT2D eigenvalue weighted by molar-refractivity contribution is 8.00. The molecule has 116 valence electrons. The molecule has 2 aromatic rings. The van der Waals surface area contributed by atoms with E-state index in [1.165, 1.54) is 0 Å². The molecule has 0 unspecified atom stereocenters. The molecule has 1 atom stereocenters. The van der Waals surface area contributed by atoms with E-state index in [4.69, 9.17) is 13.9 Å². The van der Waals surface area contributed by atoms with Crippen LogP contribution in [-0.4, -0.2) is 30.8 Å². The average Bonchev–Trinajstić information content (AvgIpc) is 3.18. The predicted octanol–water partition coefficient (Wildman–Crippen LogP) is 3.07. The molecular weight excluding hydrogens is 302 g/mol. The van der Waals surface area contributed by atoms with Gasteiger partial charge in [-0.15, -0.1) is 11.8 Å². The van der Waals surface area contributed by atoms with Crippen LogP contribution in [0.3, 0.4) is 0 Å². The molecule has 1 aromatic carbocycles. The second kappa shape index (κ2) is 6.36. The minimum Gasteiger partial charge on any atom is -0.497 e. The van der Waals surface area contributed by atoms with Crippen LogP contribution in [0.2, 0.25) is 0 Å². The molecule has 6 heteroatoms. The summed E-state index contributed by atoms with van der Waals surface area (Å²) in [6.45, 7) is 0.457. The normalized spacial score (nSPS) is 17.8. The molecule has 5 nitrogen and oxygen atoms in total. The summed E-state index contributed by atoms with van der Waals surface area (Å²) in [5, 5.41) is -0.0848. The largest absolute Gasteiger partial charge is 0.497 e. The summed E-state index contributed by atoms with van der Waals surface area (Å²) in [5.41, 5.74) is 0.964. The van der Waals surface area contributed by atoms with Gasteiger partial charge in [-0.1, -0.05) is 0 Å². The Morgan fingerprint density at radius 3 is 2.86 bits per heavy atom. The van der Waals surface area contributed by atoms with Gasteiger partial charge in [-0.3, -0.25) is 4.79 Å². The van der Waals surface area contributed by atoms with Gasteiger partial charge < -0.3 is 18.8 Å². The lowest BCUT2D eigenvalue weighted by Crippen LogP contribution is -2.27. The third-order valence-electron chi connectivity index (χ3n) is 3.58. The molecule has 0 bridgehead atoms. The van der Waals surface area contributed by atoms with Crippen LogP contribution in [0, 0.1) is 0 Å². The highest BCUT2D eigenvalue weighted by Crippen LogP contribution is 2.44. The number of benzene rings is 1. The Balaban J connectivity index is 1.90. The van der Waals surface area contributed by atoms with Crippen molar-refractivity contribution in [1.29, 1.82) is 0 Å². The van der Waals surface area contributed by atoms with E-state index in [1.54, 1.807) is 32.2 Å². The third kappa shape index (κ3) is 2.78. The van der Waals surface area contributed by atoms with E-state index in [0.29, 0.717) is 12.3 Å². The van der Waals surface area contributed by atoms with Gasteiger partial charge >= 0.3 is 0 Å². The molecule has 0 aliphatic carbocycles. The molecule has 0 spiro atoms. The van der Waals surface area contributed by atoms with E-state index in [-0.39, 0.29) is 11.3 Å². The Labute approximate surface area is 133 Å². The Morgan fingerprint density at radius 1 is 1.32 bits per heavy atom. The van der Waals surface area contributed by atoms with Gasteiger partial charge in [0, 0.05) is 11.6 Å². The third-order valence-corrected chi connectivity index (χ3v) is 4.82. The zero-order chi connectivity index (χ0) is 15.5. The number of furan rings is 1. The van der Waals surface area contributed by atoms with Gasteiger partial charge in [0.05, 0.1) is 32.8 Å². The molecule has 1 aliphatic rings. The van der Waals surface area contributed by atoms with Crippen molar-refractivity contribution in [3.05, 3.63) is 47.9 Å². The Bertz CT molecular complexity index is 656. The smallest absolute Gasteiger partial charge is 0.234 e. The quantitative estimate of drug-likeness (QED) is 0.848. The van der Waals surface area contributed by atoms with Crippen molar-refractivity contribution in [3.8, 4) is 11.5 Å². The van der Waals surface area contributed by atoms with E-state index in [9.17, 15) is 4.79 Å². The van der Waals surface area contributed by atoms with Crippen LogP contribution in [0.1, 0.15) is 16.7 Å². The number of hydrogen-bond acceptors (Lipinski definition) is 5. The number of amides is 1. The number of methoxy groups -OCH3 is 2. The first kappa shape index (κ1) is 14.8. The molecule has 22 heavy (non-hydrogen) atoms. The van der Waals surface area contributed by atoms with E-state index in [0.717, 1.165) is 22.8 Å². The first-order valence-electron chi connectivity index (χ1n) is 6.88. The molecule has 1 fully saturated rings. The maximum Gasteiger partial charge on any atom is 0.234 e. The van der Waals surface area contributed by atoms with Crippen molar-refractivity contribution in [3.63, 3.8) is 0 Å². The zero-order valence-corrected chi connectivity index (χ0v) is 13.3. The fraction of sp³-hybridized carbons (Fsp3) is 0.312. The molecule has 0 radical (unpaired) electrons. The van der Waals surface area contributed by atoms with Crippen LogP contribution in [0.15, 0.2) is 41.0 Å². The Morgan fingerprint density at radius 2 is 2.18 bits per heavy atom. The molecule has 1 aromatic heterocycles. The fourth-order valence-corrected chi connectivity index (χ4v) is 3.69. The van der Waals surface area contributed by atoms with Gasteiger partial charge in [-0.25, -0.2) is 0 Å². The molecule has 2 heterocycles. The summed E-state index contributed by atoms with van der Waals surface area (Å²) < 4.78 is 16.1. The second-order valence-electron chi connectivity index (χ2n) is 4.87. The Hall–Kier alpha value is -2.08. The van der Waals surface area contributed by atoms with Gasteiger partial charge in [0.25, 0.3) is 0 Å². The van der Waals surface area contributed by atoms with Crippen molar-refractivity contribution >= 4 is 17.7 Å². The van der Waals surface area contributed by atoms with Crippen molar-refractivity contribution in [2.24, 2.45) is 0 Å². The van der Waals surface area contributed by atoms with Gasteiger partial charge in [-0.2, -0.15) is 0 Å². The lowest BCUT2D eigenvalue weighted by Gasteiger charge is -2.25. The van der Waals surface area contributed by atoms with E-state index >= 15 is 0 Å². The summed E-state index contributed by atoms with van der Waals surface area (Å²) in [6, 6.07) is 9.36. The number of hydrogen-bond donors (Lipinski definition) is 0. The number of ether oxygens (including phenoxy) is 2. The fourth-order valence-electron chi connectivity index (χ4n) is 2.48. The zero-order valence-electron chi connectivity index (χ0n) is 12.4. The molecule has 3 rings (SSSR count). The number of thioether (sulfide) groups is 1. The number of carbonyl (C=O) groups is 1. The second-order valence-corrected chi connectivity index (χ2v) is 5.94. The predicted molar refractivity (Wildman–Crippen MR) is 84.0 cm³/mol. The molecule has 1 amide bonds. The Kier molecular flexibility index (Phi) is 4.29. The summed E-state index contributed by atoms with van der Waals surface area (Å²) in [6.07, 6.45) is 1.62. The monoisotopic (exact) mass is 319 g/mol. The maximum atomic E-state index is 12.2. The molecule has 1 saturated heterocycles. The number of nitrogens with zero attached hydrogens (tertiary/aromatic N) is 1. The summed E-state index contributed by atoms with van der Waals surface area (Å²) >= 11 is 1.59. The van der Waals surface area contributed by atoms with Gasteiger partial charge in [-0.05, 0) is 24.3 Å². The summed E-state index contributed by atoms with van der Waals surface area (Å²) in [4.78, 5) is 14.0. The van der Waals surface area contributed by atoms with Gasteiger partial charge in [0.15, 0.2) is 0 Å². The highest BCUT2D eigenvalue weighted by atomic mass is 32.2. The van der Waals surface area contributed by atoms with Crippen LogP contribution < -0.4 is 9.47 Å². The number of carbonyl (C=O) groups excluding carboxylic acids is 1. The minimum absolute atomic E-state index is 0.0848. The van der Waals surface area contributed by atoms with Crippen LogP contribution in [0.5, 0.6) is 11.5 Å². The summed E-state index contributed by atoms with van der Waals surface area (Å²) in [5.74, 6) is 2.78. The van der Waals surface area contributed by atoms with Crippen molar-refractivity contribution < 1.29 is 18.7 Å². The molecule has 1 aliphatic heterocycles. The van der Waals surface area contributed by atoms with E-state index < -0.39 is 0 Å². The average molecular weight is 319 g/mol. The lowest BCUT2D eigenvalue weighted by molar-refractivity contribution is -0.128. The van der Waals surface area contributed by atoms with Crippen molar-refractivity contribution in [2.75, 3.05) is 20.0 Å². The van der Waals surface area contributed by atoms with E-state index in [2.05, 4.69) is 0 Å². The number of rotatable bonds is 5. The summed E-state index contributed by atoms with van der Waals surface area (Å²) in [7, 11) is 3.24. The molecule has 0 N–H and O–H groups in total. The molecule has 0 saturated carbocycles. The first-order chi connectivity index (χ1) is 10.7. The van der Waals surface area contributed by atoms with E-state index in [1.807, 2.05) is 35.2 Å². The van der Waals surface area contributed by atoms with Crippen LogP contribution in [0.4, 0.5) is 0 Å². The van der Waals surface area contributed by atoms with Crippen LogP contribution >= 0.6 is 11.8 Å². The minimum atomic E-state index is -0.0848. The van der Waals surface area contributed by atoms with Crippen LogP contribution in [0.25, 0.3) is 0 Å².